The van der Waals surface area contributed by atoms with Gasteiger partial charge in [-0.05, 0) is 30.8 Å². The van der Waals surface area contributed by atoms with E-state index < -0.39 is 18.1 Å². The summed E-state index contributed by atoms with van der Waals surface area (Å²) in [6.07, 6.45) is 5.28. The van der Waals surface area contributed by atoms with Gasteiger partial charge in [0.25, 0.3) is 0 Å². The molecule has 172 valence electrons. The molecule has 0 bridgehead atoms. The van der Waals surface area contributed by atoms with Crippen molar-refractivity contribution in [3.8, 4) is 12.0 Å². The average Bonchev–Trinajstić information content (AvgIpc) is 2.96. The fourth-order valence-electron chi connectivity index (χ4n) is 3.92. The Morgan fingerprint density at radius 2 is 2.21 bits per heavy atom. The van der Waals surface area contributed by atoms with E-state index in [2.05, 4.69) is 32.4 Å². The molecule has 4 rings (SSSR count). The monoisotopic (exact) mass is 470 g/mol. The number of rotatable bonds is 5. The van der Waals surface area contributed by atoms with Crippen LogP contribution >= 0.6 is 11.6 Å². The van der Waals surface area contributed by atoms with Gasteiger partial charge in [0.15, 0.2) is 0 Å². The third-order valence-corrected chi connectivity index (χ3v) is 5.92. The number of allylic oxidation sites excluding steroid dienone is 1. The van der Waals surface area contributed by atoms with Crippen LogP contribution in [0.2, 0.25) is 5.02 Å². The lowest BCUT2D eigenvalue weighted by atomic mass is 9.92. The Morgan fingerprint density at radius 1 is 1.39 bits per heavy atom. The van der Waals surface area contributed by atoms with Gasteiger partial charge in [-0.3, -0.25) is 4.68 Å². The fourth-order valence-corrected chi connectivity index (χ4v) is 4.03. The lowest BCUT2D eigenvalue weighted by Crippen LogP contribution is -2.41. The van der Waals surface area contributed by atoms with Crippen LogP contribution in [0.3, 0.4) is 0 Å². The first-order chi connectivity index (χ1) is 15.9. The second-order valence-electron chi connectivity index (χ2n) is 7.91. The highest BCUT2D eigenvalue weighted by Gasteiger charge is 2.31. The molecule has 0 saturated carbocycles. The zero-order chi connectivity index (χ0) is 23.5. The summed E-state index contributed by atoms with van der Waals surface area (Å²) in [5.74, 6) is 2.59. The molecule has 2 aliphatic heterocycles. The average molecular weight is 471 g/mol. The molecule has 2 aliphatic rings. The second-order valence-corrected chi connectivity index (χ2v) is 8.32. The van der Waals surface area contributed by atoms with Crippen LogP contribution in [0.4, 0.5) is 10.1 Å². The largest absolute Gasteiger partial charge is 0.394 e. The van der Waals surface area contributed by atoms with Crippen LogP contribution in [0, 0.1) is 30.6 Å². The molecule has 1 aromatic heterocycles. The van der Waals surface area contributed by atoms with Crippen molar-refractivity contribution in [2.75, 3.05) is 11.9 Å². The van der Waals surface area contributed by atoms with Gasteiger partial charge in [-0.2, -0.15) is 10.1 Å². The molecule has 0 fully saturated rings. The van der Waals surface area contributed by atoms with E-state index >= 15 is 0 Å². The maximum Gasteiger partial charge on any atom is 0.236 e. The molecule has 8 nitrogen and oxygen atoms in total. The van der Waals surface area contributed by atoms with Gasteiger partial charge >= 0.3 is 0 Å². The summed E-state index contributed by atoms with van der Waals surface area (Å²) in [5, 5.41) is 28.3. The van der Waals surface area contributed by atoms with Crippen molar-refractivity contribution in [1.29, 1.82) is 0 Å². The first-order valence-corrected chi connectivity index (χ1v) is 10.8. The Morgan fingerprint density at radius 3 is 2.88 bits per heavy atom. The van der Waals surface area contributed by atoms with Crippen LogP contribution in [-0.2, 0) is 7.05 Å². The van der Waals surface area contributed by atoms with Crippen LogP contribution in [0.15, 0.2) is 46.7 Å². The van der Waals surface area contributed by atoms with Crippen LogP contribution in [0.1, 0.15) is 30.1 Å². The van der Waals surface area contributed by atoms with Crippen molar-refractivity contribution in [2.24, 2.45) is 23.0 Å². The maximum absolute atomic E-state index is 13.9. The first-order valence-electron chi connectivity index (χ1n) is 10.5. The number of guanidine groups is 1. The smallest absolute Gasteiger partial charge is 0.236 e. The molecule has 33 heavy (non-hydrogen) atoms. The third kappa shape index (κ3) is 5.09. The zero-order valence-electron chi connectivity index (χ0n) is 18.2. The van der Waals surface area contributed by atoms with Gasteiger partial charge in [0, 0.05) is 37.3 Å². The molecule has 0 radical (unpaired) electrons. The van der Waals surface area contributed by atoms with Crippen LogP contribution < -0.4 is 5.32 Å². The van der Waals surface area contributed by atoms with Gasteiger partial charge in [-0.25, -0.2) is 9.38 Å². The normalized spacial score (nSPS) is 21.0. The summed E-state index contributed by atoms with van der Waals surface area (Å²) in [6, 6.07) is 6.48. The molecule has 3 N–H and O–H groups in total. The van der Waals surface area contributed by atoms with E-state index in [9.17, 15) is 14.6 Å². The predicted molar refractivity (Wildman–Crippen MR) is 125 cm³/mol. The molecule has 3 heterocycles. The highest BCUT2D eigenvalue weighted by molar-refractivity contribution is 6.30. The van der Waals surface area contributed by atoms with Crippen LogP contribution in [-0.4, -0.2) is 49.4 Å². The van der Waals surface area contributed by atoms with E-state index in [0.717, 1.165) is 17.1 Å². The summed E-state index contributed by atoms with van der Waals surface area (Å²) in [5.41, 5.74) is 2.88. The van der Waals surface area contributed by atoms with Crippen molar-refractivity contribution in [3.63, 3.8) is 0 Å². The number of aliphatic hydroxyl groups excluding tert-OH is 2. The molecule has 0 saturated heterocycles. The van der Waals surface area contributed by atoms with Crippen molar-refractivity contribution in [2.45, 2.75) is 32.0 Å². The number of hydrogen-bond acceptors (Lipinski definition) is 7. The number of hydrogen-bond donors (Lipinski definition) is 3. The van der Waals surface area contributed by atoms with Gasteiger partial charge in [0.05, 0.1) is 35.5 Å². The number of benzene rings is 1. The minimum atomic E-state index is -0.913. The number of aliphatic imine (C=N–C) groups is 2. The van der Waals surface area contributed by atoms with Crippen LogP contribution in [0.25, 0.3) is 0 Å². The van der Waals surface area contributed by atoms with E-state index in [4.69, 9.17) is 11.6 Å². The summed E-state index contributed by atoms with van der Waals surface area (Å²) in [6.45, 7) is 1.58. The molecule has 2 unspecified atom stereocenters. The molecule has 10 heteroatoms. The molecule has 1 aromatic carbocycles. The minimum Gasteiger partial charge on any atom is -0.394 e. The maximum atomic E-state index is 13.9. The van der Waals surface area contributed by atoms with Crippen molar-refractivity contribution in [1.82, 2.24) is 14.7 Å². The number of halogens is 2. The van der Waals surface area contributed by atoms with E-state index in [0.29, 0.717) is 24.4 Å². The highest BCUT2D eigenvalue weighted by atomic mass is 35.5. The SMILES string of the molecule is Cc1nn(C)cc1NC1=NC#CCC(C2C=CN([C@H](CO)c3ccc(Cl)c(F)c3)C(O)C2)=N1. The zero-order valence-corrected chi connectivity index (χ0v) is 19.0. The Kier molecular flexibility index (Phi) is 6.79. The number of anilines is 1. The fraction of sp³-hybridized carbons (Fsp3) is 0.348. The molecule has 0 spiro atoms. The van der Waals surface area contributed by atoms with Crippen molar-refractivity contribution in [3.05, 3.63) is 58.8 Å². The van der Waals surface area contributed by atoms with Crippen molar-refractivity contribution < 1.29 is 14.6 Å². The first kappa shape index (κ1) is 23.0. The number of aliphatic hydroxyl groups is 2. The third-order valence-electron chi connectivity index (χ3n) is 5.61. The Hall–Kier alpha value is -3.19. The Bertz CT molecular complexity index is 1200. The molecule has 0 amide bonds. The van der Waals surface area contributed by atoms with E-state index in [1.54, 1.807) is 21.8 Å². The number of aryl methyl sites for hydroxylation is 2. The van der Waals surface area contributed by atoms with Gasteiger partial charge < -0.3 is 20.4 Å². The summed E-state index contributed by atoms with van der Waals surface area (Å²) in [7, 11) is 1.83. The minimum absolute atomic E-state index is 0.00489. The highest BCUT2D eigenvalue weighted by Crippen LogP contribution is 2.31. The van der Waals surface area contributed by atoms with E-state index in [-0.39, 0.29) is 17.5 Å². The number of nitrogens with one attached hydrogen (secondary N) is 1. The Labute approximate surface area is 196 Å². The quantitative estimate of drug-likeness (QED) is 0.583. The number of nitrogens with zero attached hydrogens (tertiary/aromatic N) is 5. The molecular weight excluding hydrogens is 447 g/mol. The van der Waals surface area contributed by atoms with Gasteiger partial charge in [0.2, 0.25) is 5.96 Å². The Balaban J connectivity index is 1.53. The van der Waals surface area contributed by atoms with E-state index in [1.807, 2.05) is 26.2 Å². The van der Waals surface area contributed by atoms with Gasteiger partial charge in [0.1, 0.15) is 12.0 Å². The summed E-state index contributed by atoms with van der Waals surface area (Å²) >= 11 is 5.78. The molecule has 0 aliphatic carbocycles. The van der Waals surface area contributed by atoms with Crippen LogP contribution in [0.5, 0.6) is 0 Å². The topological polar surface area (TPSA) is 98.3 Å². The molecular formula is C23H24ClFN6O2. The van der Waals surface area contributed by atoms with Gasteiger partial charge in [-0.15, -0.1) is 0 Å². The van der Waals surface area contributed by atoms with Crippen molar-refractivity contribution >= 4 is 29.0 Å². The van der Waals surface area contributed by atoms with Gasteiger partial charge in [-0.1, -0.05) is 29.7 Å². The summed E-state index contributed by atoms with van der Waals surface area (Å²) in [4.78, 5) is 10.4. The lowest BCUT2D eigenvalue weighted by Gasteiger charge is -2.38. The van der Waals surface area contributed by atoms with E-state index in [1.165, 1.54) is 12.1 Å². The number of aromatic nitrogens is 2. The lowest BCUT2D eigenvalue weighted by molar-refractivity contribution is -0.0214. The molecule has 3 atom stereocenters. The standard InChI is InChI=1S/C23H24ClFN6O2/c1-14-20(12-30(2)29-14)28-23-26-8-3-4-19(27-23)15-7-9-31(22(33)11-15)21(13-32)16-5-6-17(24)18(25)10-16/h5-7,9-10,12,15,21-22,32-33H,4,11,13H2,1-2H3,(H,26,28)/t15?,21-,22?/m1/s1. The predicted octanol–water partition coefficient (Wildman–Crippen LogP) is 2.98. The summed E-state index contributed by atoms with van der Waals surface area (Å²) < 4.78 is 15.6. The second kappa shape index (κ2) is 9.75. The molecule has 2 aromatic rings.